The maximum Gasteiger partial charge on any atom is 0.253 e. The van der Waals surface area contributed by atoms with Crippen molar-refractivity contribution in [3.05, 3.63) is 34.9 Å². The first-order chi connectivity index (χ1) is 14.3. The number of fused-ring (bicyclic) bond motifs is 1. The Kier molecular flexibility index (Phi) is 6.19. The summed E-state index contributed by atoms with van der Waals surface area (Å²) in [6, 6.07) is 7.32. The molecule has 2 atom stereocenters. The molecule has 1 aliphatic heterocycles. The summed E-state index contributed by atoms with van der Waals surface area (Å²) in [5.41, 5.74) is 0.252. The third-order valence-corrected chi connectivity index (χ3v) is 6.78. The maximum absolute atomic E-state index is 13.0. The van der Waals surface area contributed by atoms with Gasteiger partial charge in [0.1, 0.15) is 5.82 Å². The van der Waals surface area contributed by atoms with Crippen LogP contribution in [0.5, 0.6) is 0 Å². The molecule has 6 nitrogen and oxygen atoms in total. The number of rotatable bonds is 4. The molecule has 162 valence electrons. The molecular weight excluding hydrogens is 402 g/mol. The molecule has 1 saturated heterocycles. The monoisotopic (exact) mass is 431 g/mol. The molecule has 0 spiro atoms. The predicted molar refractivity (Wildman–Crippen MR) is 119 cm³/mol. The summed E-state index contributed by atoms with van der Waals surface area (Å²) in [5, 5.41) is 24.5. The highest BCUT2D eigenvalue weighted by molar-refractivity contribution is 6.35. The molecule has 1 amide bonds. The Bertz CT molecular complexity index is 929. The van der Waals surface area contributed by atoms with Gasteiger partial charge in [-0.15, -0.1) is 0 Å². The van der Waals surface area contributed by atoms with Crippen molar-refractivity contribution in [1.82, 2.24) is 10.3 Å². The van der Waals surface area contributed by atoms with Gasteiger partial charge in [0, 0.05) is 25.0 Å². The molecule has 1 saturated carbocycles. The smallest absolute Gasteiger partial charge is 0.253 e. The number of carbonyl (C=O) groups is 1. The number of amides is 1. The van der Waals surface area contributed by atoms with Crippen LogP contribution in [0, 0.1) is 5.92 Å². The van der Waals surface area contributed by atoms with Crippen LogP contribution in [-0.2, 0) is 0 Å². The Balaban J connectivity index is 1.54. The second-order valence-corrected chi connectivity index (χ2v) is 9.39. The van der Waals surface area contributed by atoms with Gasteiger partial charge in [0.25, 0.3) is 5.91 Å². The number of aliphatic hydroxyl groups excluding tert-OH is 1. The number of aromatic nitrogens is 1. The van der Waals surface area contributed by atoms with Gasteiger partial charge >= 0.3 is 0 Å². The quantitative estimate of drug-likeness (QED) is 0.689. The van der Waals surface area contributed by atoms with E-state index >= 15 is 0 Å². The van der Waals surface area contributed by atoms with Crippen LogP contribution >= 0.6 is 11.6 Å². The minimum Gasteiger partial charge on any atom is -0.393 e. The zero-order valence-corrected chi connectivity index (χ0v) is 18.2. The van der Waals surface area contributed by atoms with Crippen molar-refractivity contribution < 1.29 is 15.0 Å². The normalized spacial score (nSPS) is 25.5. The average Bonchev–Trinajstić information content (AvgIpc) is 2.72. The van der Waals surface area contributed by atoms with Gasteiger partial charge < -0.3 is 20.4 Å². The number of piperidine rings is 1. The predicted octanol–water partition coefficient (Wildman–Crippen LogP) is 3.52. The summed E-state index contributed by atoms with van der Waals surface area (Å²) in [6.45, 7) is 3.89. The molecule has 2 aliphatic rings. The number of hydrogen-bond acceptors (Lipinski definition) is 5. The molecular formula is C23H30ClN3O3. The third kappa shape index (κ3) is 4.56. The average molecular weight is 432 g/mol. The minimum absolute atomic E-state index is 0.227. The van der Waals surface area contributed by atoms with E-state index < -0.39 is 5.60 Å². The summed E-state index contributed by atoms with van der Waals surface area (Å²) in [4.78, 5) is 19.9. The molecule has 0 bridgehead atoms. The van der Waals surface area contributed by atoms with Gasteiger partial charge in [-0.25, -0.2) is 4.98 Å². The number of halogens is 1. The fourth-order valence-electron chi connectivity index (χ4n) is 4.79. The van der Waals surface area contributed by atoms with Gasteiger partial charge in [0.15, 0.2) is 0 Å². The van der Waals surface area contributed by atoms with Crippen molar-refractivity contribution in [3.8, 4) is 0 Å². The van der Waals surface area contributed by atoms with Crippen LogP contribution < -0.4 is 10.2 Å². The fraction of sp³-hybridized carbons (Fsp3) is 0.565. The van der Waals surface area contributed by atoms with E-state index in [1.165, 1.54) is 0 Å². The highest BCUT2D eigenvalue weighted by atomic mass is 35.5. The molecule has 7 heteroatoms. The Labute approximate surface area is 182 Å². The van der Waals surface area contributed by atoms with Crippen molar-refractivity contribution >= 4 is 34.2 Å². The number of benzene rings is 1. The summed E-state index contributed by atoms with van der Waals surface area (Å²) in [7, 11) is 0. The zero-order valence-electron chi connectivity index (χ0n) is 17.4. The number of aliphatic hydroxyl groups is 2. The summed E-state index contributed by atoms with van der Waals surface area (Å²) < 4.78 is 0. The SMILES string of the molecule is CC1CCCC(O)(CNC(=O)c2c(Cl)ccc3nc(N4CCC(O)CC4)ccc23)C1. The van der Waals surface area contributed by atoms with Crippen LogP contribution in [0.15, 0.2) is 24.3 Å². The standard InChI is InChI=1S/C23H30ClN3O3/c1-15-3-2-10-23(30,13-15)14-25-22(29)21-17-4-7-20(26-19(17)6-5-18(21)24)27-11-8-16(28)9-12-27/h4-7,15-16,28,30H,2-3,8-14H2,1H3,(H,25,29). The number of nitrogens with one attached hydrogen (secondary N) is 1. The molecule has 0 radical (unpaired) electrons. The van der Waals surface area contributed by atoms with Crippen LogP contribution in [0.25, 0.3) is 10.9 Å². The topological polar surface area (TPSA) is 85.7 Å². The Morgan fingerprint density at radius 3 is 2.77 bits per heavy atom. The highest BCUT2D eigenvalue weighted by Gasteiger charge is 2.33. The van der Waals surface area contributed by atoms with E-state index in [1.54, 1.807) is 6.07 Å². The Morgan fingerprint density at radius 2 is 2.03 bits per heavy atom. The van der Waals surface area contributed by atoms with Crippen molar-refractivity contribution in [2.75, 3.05) is 24.5 Å². The Morgan fingerprint density at radius 1 is 1.27 bits per heavy atom. The van der Waals surface area contributed by atoms with Gasteiger partial charge in [-0.2, -0.15) is 0 Å². The highest BCUT2D eigenvalue weighted by Crippen LogP contribution is 2.32. The second-order valence-electron chi connectivity index (χ2n) is 8.99. The van der Waals surface area contributed by atoms with Crippen molar-refractivity contribution in [2.24, 2.45) is 5.92 Å². The van der Waals surface area contributed by atoms with Crippen LogP contribution in [-0.4, -0.2) is 52.4 Å². The van der Waals surface area contributed by atoms with Crippen LogP contribution in [0.1, 0.15) is 55.8 Å². The van der Waals surface area contributed by atoms with E-state index in [1.807, 2.05) is 18.2 Å². The van der Waals surface area contributed by atoms with E-state index in [4.69, 9.17) is 16.6 Å². The zero-order chi connectivity index (χ0) is 21.3. The lowest BCUT2D eigenvalue weighted by molar-refractivity contribution is -0.0109. The van der Waals surface area contributed by atoms with Crippen molar-refractivity contribution in [1.29, 1.82) is 0 Å². The number of carbonyl (C=O) groups excluding carboxylic acids is 1. The lowest BCUT2D eigenvalue weighted by atomic mass is 9.79. The molecule has 4 rings (SSSR count). The fourth-order valence-corrected chi connectivity index (χ4v) is 5.05. The lowest BCUT2D eigenvalue weighted by Gasteiger charge is -2.35. The molecule has 3 N–H and O–H groups in total. The van der Waals surface area contributed by atoms with Crippen LogP contribution in [0.2, 0.25) is 5.02 Å². The van der Waals surface area contributed by atoms with Gasteiger partial charge in [0.2, 0.25) is 0 Å². The first kappa shape index (κ1) is 21.3. The molecule has 2 aromatic rings. The largest absolute Gasteiger partial charge is 0.393 e. The van der Waals surface area contributed by atoms with Gasteiger partial charge in [-0.3, -0.25) is 4.79 Å². The third-order valence-electron chi connectivity index (χ3n) is 6.47. The molecule has 2 fully saturated rings. The molecule has 2 unspecified atom stereocenters. The molecule has 30 heavy (non-hydrogen) atoms. The van der Waals surface area contributed by atoms with E-state index in [9.17, 15) is 15.0 Å². The van der Waals surface area contributed by atoms with Gasteiger partial charge in [-0.05, 0) is 55.9 Å². The minimum atomic E-state index is -0.853. The van der Waals surface area contributed by atoms with E-state index in [-0.39, 0.29) is 18.6 Å². The lowest BCUT2D eigenvalue weighted by Crippen LogP contribution is -2.45. The van der Waals surface area contributed by atoms with E-state index in [0.29, 0.717) is 40.2 Å². The number of hydrogen-bond donors (Lipinski definition) is 3. The van der Waals surface area contributed by atoms with Crippen LogP contribution in [0.4, 0.5) is 5.82 Å². The molecule has 2 heterocycles. The number of anilines is 1. The first-order valence-corrected chi connectivity index (χ1v) is 11.3. The molecule has 1 aromatic carbocycles. The van der Waals surface area contributed by atoms with Gasteiger partial charge in [-0.1, -0.05) is 31.4 Å². The summed E-state index contributed by atoms with van der Waals surface area (Å²) in [5.74, 6) is 1.02. The first-order valence-electron chi connectivity index (χ1n) is 10.9. The van der Waals surface area contributed by atoms with Crippen molar-refractivity contribution in [2.45, 2.75) is 57.2 Å². The maximum atomic E-state index is 13.0. The molecule has 1 aliphatic carbocycles. The number of nitrogens with zero attached hydrogens (tertiary/aromatic N) is 2. The van der Waals surface area contributed by atoms with Gasteiger partial charge in [0.05, 0.1) is 27.8 Å². The number of pyridine rings is 1. The molecule has 1 aromatic heterocycles. The Hall–Kier alpha value is -1.89. The van der Waals surface area contributed by atoms with E-state index in [0.717, 1.165) is 44.6 Å². The second kappa shape index (κ2) is 8.69. The van der Waals surface area contributed by atoms with E-state index in [2.05, 4.69) is 17.1 Å². The van der Waals surface area contributed by atoms with Crippen molar-refractivity contribution in [3.63, 3.8) is 0 Å². The summed E-state index contributed by atoms with van der Waals surface area (Å²) in [6.07, 6.45) is 4.73. The van der Waals surface area contributed by atoms with Crippen LogP contribution in [0.3, 0.4) is 0 Å². The summed E-state index contributed by atoms with van der Waals surface area (Å²) >= 11 is 6.39.